The van der Waals surface area contributed by atoms with Gasteiger partial charge in [0.25, 0.3) is 5.91 Å². The molecule has 2 unspecified atom stereocenters. The molecule has 24 heavy (non-hydrogen) atoms. The Bertz CT molecular complexity index is 617. The lowest BCUT2D eigenvalue weighted by Crippen LogP contribution is -2.66. The van der Waals surface area contributed by atoms with E-state index in [4.69, 9.17) is 10.5 Å². The van der Waals surface area contributed by atoms with Crippen LogP contribution in [0.3, 0.4) is 0 Å². The fraction of sp³-hybridized carbons (Fsp3) is 0.667. The van der Waals surface area contributed by atoms with Crippen LogP contribution in [-0.4, -0.2) is 55.1 Å². The van der Waals surface area contributed by atoms with Crippen molar-refractivity contribution in [3.63, 3.8) is 0 Å². The highest BCUT2D eigenvalue weighted by atomic mass is 16.5. The second-order valence-corrected chi connectivity index (χ2v) is 7.38. The van der Waals surface area contributed by atoms with Gasteiger partial charge in [-0.05, 0) is 30.5 Å². The first-order chi connectivity index (χ1) is 11.6. The highest BCUT2D eigenvalue weighted by Gasteiger charge is 2.54. The Kier molecular flexibility index (Phi) is 4.06. The van der Waals surface area contributed by atoms with Crippen molar-refractivity contribution >= 4 is 5.91 Å². The summed E-state index contributed by atoms with van der Waals surface area (Å²) in [5, 5.41) is 3.38. The van der Waals surface area contributed by atoms with E-state index in [0.29, 0.717) is 23.6 Å². The van der Waals surface area contributed by atoms with Gasteiger partial charge in [0.15, 0.2) is 0 Å². The van der Waals surface area contributed by atoms with Crippen molar-refractivity contribution < 1.29 is 9.53 Å². The van der Waals surface area contributed by atoms with E-state index in [1.54, 1.807) is 6.20 Å². The number of primary amides is 1. The normalized spacial score (nSPS) is 33.9. The first kappa shape index (κ1) is 16.0. The van der Waals surface area contributed by atoms with E-state index in [1.807, 2.05) is 19.2 Å². The molecule has 1 aromatic heterocycles. The third-order valence-corrected chi connectivity index (χ3v) is 6.31. The number of nitrogens with two attached hydrogens (primary N) is 1. The summed E-state index contributed by atoms with van der Waals surface area (Å²) in [5.74, 6) is 0.406. The average molecular weight is 330 g/mol. The van der Waals surface area contributed by atoms with E-state index in [-0.39, 0.29) is 5.60 Å². The quantitative estimate of drug-likeness (QED) is 0.850. The third-order valence-electron chi connectivity index (χ3n) is 6.31. The summed E-state index contributed by atoms with van der Waals surface area (Å²) in [7, 11) is 1.82. The molecule has 1 aliphatic carbocycles. The first-order valence-electron chi connectivity index (χ1n) is 8.91. The number of aromatic nitrogens is 1. The van der Waals surface area contributed by atoms with Crippen LogP contribution < -0.4 is 11.1 Å². The van der Waals surface area contributed by atoms with Crippen molar-refractivity contribution in [1.82, 2.24) is 15.2 Å². The molecule has 2 aliphatic heterocycles. The van der Waals surface area contributed by atoms with Gasteiger partial charge in [0.1, 0.15) is 11.3 Å². The van der Waals surface area contributed by atoms with E-state index in [9.17, 15) is 4.79 Å². The molecule has 3 N–H and O–H groups in total. The molecular weight excluding hydrogens is 304 g/mol. The summed E-state index contributed by atoms with van der Waals surface area (Å²) in [6, 6.07) is 4.51. The van der Waals surface area contributed by atoms with Crippen LogP contribution >= 0.6 is 0 Å². The first-order valence-corrected chi connectivity index (χ1v) is 8.91. The number of likely N-dealkylation sites (tertiary alicyclic amines) is 1. The molecule has 2 atom stereocenters. The number of ether oxygens (including phenoxy) is 1. The van der Waals surface area contributed by atoms with Crippen molar-refractivity contribution in [2.45, 2.75) is 30.9 Å². The maximum Gasteiger partial charge on any atom is 0.267 e. The molecule has 6 heteroatoms. The summed E-state index contributed by atoms with van der Waals surface area (Å²) in [6.07, 6.45) is 5.27. The number of carbonyl (C=O) groups excluding carboxylic acids is 1. The van der Waals surface area contributed by atoms with Gasteiger partial charge in [-0.3, -0.25) is 14.7 Å². The van der Waals surface area contributed by atoms with Crippen LogP contribution in [0.25, 0.3) is 0 Å². The van der Waals surface area contributed by atoms with Gasteiger partial charge in [-0.1, -0.05) is 6.42 Å². The molecule has 3 fully saturated rings. The Hall–Kier alpha value is -1.50. The number of nitrogens with zero attached hydrogens (tertiary/aromatic N) is 2. The molecule has 4 rings (SSSR count). The van der Waals surface area contributed by atoms with Gasteiger partial charge in [-0.2, -0.15) is 0 Å². The van der Waals surface area contributed by atoms with Crippen LogP contribution in [0.4, 0.5) is 0 Å². The zero-order valence-corrected chi connectivity index (χ0v) is 14.2. The van der Waals surface area contributed by atoms with Crippen LogP contribution in [0, 0.1) is 11.8 Å². The molecule has 2 bridgehead atoms. The molecule has 2 saturated heterocycles. The highest BCUT2D eigenvalue weighted by molar-refractivity contribution is 5.90. The highest BCUT2D eigenvalue weighted by Crippen LogP contribution is 2.51. The number of methoxy groups -OCH3 is 1. The Morgan fingerprint density at radius 1 is 1.38 bits per heavy atom. The molecule has 3 heterocycles. The Labute approximate surface area is 142 Å². The summed E-state index contributed by atoms with van der Waals surface area (Å²) in [5.41, 5.74) is 6.51. The van der Waals surface area contributed by atoms with Gasteiger partial charge in [-0.25, -0.2) is 0 Å². The van der Waals surface area contributed by atoms with E-state index in [2.05, 4.69) is 15.2 Å². The lowest BCUT2D eigenvalue weighted by atomic mass is 9.62. The number of hydrogen-bond acceptors (Lipinski definition) is 5. The van der Waals surface area contributed by atoms with Gasteiger partial charge in [0.2, 0.25) is 0 Å². The van der Waals surface area contributed by atoms with Gasteiger partial charge < -0.3 is 15.8 Å². The molecule has 130 valence electrons. The molecular formula is C18H26N4O2. The Morgan fingerprint density at radius 2 is 2.08 bits per heavy atom. The number of amides is 1. The summed E-state index contributed by atoms with van der Waals surface area (Å²) in [6.45, 7) is 4.32. The lowest BCUT2D eigenvalue weighted by Gasteiger charge is -2.57. The van der Waals surface area contributed by atoms with E-state index >= 15 is 0 Å². The molecule has 0 spiro atoms. The van der Waals surface area contributed by atoms with Gasteiger partial charge in [0, 0.05) is 57.4 Å². The SMILES string of the molecule is COC1(c2ccnc(C(N)=O)c2)C2CCCC1CN(C1CNC1)C2. The molecule has 1 aromatic rings. The van der Waals surface area contributed by atoms with Gasteiger partial charge in [-0.15, -0.1) is 0 Å². The maximum atomic E-state index is 11.6. The zero-order chi connectivity index (χ0) is 16.7. The number of carbonyl (C=O) groups is 1. The fourth-order valence-electron chi connectivity index (χ4n) is 5.03. The Balaban J connectivity index is 1.70. The van der Waals surface area contributed by atoms with Gasteiger partial charge >= 0.3 is 0 Å². The fourth-order valence-corrected chi connectivity index (χ4v) is 5.03. The molecule has 3 aliphatic rings. The molecule has 0 radical (unpaired) electrons. The Morgan fingerprint density at radius 3 is 2.62 bits per heavy atom. The second-order valence-electron chi connectivity index (χ2n) is 7.38. The maximum absolute atomic E-state index is 11.6. The van der Waals surface area contributed by atoms with Crippen LogP contribution in [0.1, 0.15) is 35.3 Å². The molecule has 1 saturated carbocycles. The largest absolute Gasteiger partial charge is 0.373 e. The molecule has 6 nitrogen and oxygen atoms in total. The molecule has 0 aromatic carbocycles. The number of hydrogen-bond donors (Lipinski definition) is 2. The number of fused-ring (bicyclic) bond motifs is 2. The molecule has 1 amide bonds. The standard InChI is InChI=1S/C18H26N4O2/c1-24-18(12-5-6-21-16(7-12)17(19)23)13-3-2-4-14(18)11-22(10-13)15-8-20-9-15/h5-7,13-15,20H,2-4,8-11H2,1H3,(H2,19,23). The predicted molar refractivity (Wildman–Crippen MR) is 90.5 cm³/mol. The van der Waals surface area contributed by atoms with E-state index in [0.717, 1.165) is 44.6 Å². The summed E-state index contributed by atoms with van der Waals surface area (Å²) < 4.78 is 6.22. The van der Waals surface area contributed by atoms with Gasteiger partial charge in [0.05, 0.1) is 0 Å². The number of rotatable bonds is 4. The van der Waals surface area contributed by atoms with Crippen molar-refractivity contribution in [3.05, 3.63) is 29.6 Å². The number of nitrogens with one attached hydrogen (secondary N) is 1. The number of pyridine rings is 1. The van der Waals surface area contributed by atoms with Crippen molar-refractivity contribution in [2.75, 3.05) is 33.3 Å². The minimum atomic E-state index is -0.480. The third kappa shape index (κ3) is 2.36. The van der Waals surface area contributed by atoms with Crippen LogP contribution in [-0.2, 0) is 10.3 Å². The topological polar surface area (TPSA) is 80.5 Å². The van der Waals surface area contributed by atoms with Crippen molar-refractivity contribution in [3.8, 4) is 0 Å². The average Bonchev–Trinajstić information content (AvgIpc) is 2.52. The zero-order valence-electron chi connectivity index (χ0n) is 14.2. The van der Waals surface area contributed by atoms with E-state index in [1.165, 1.54) is 6.42 Å². The van der Waals surface area contributed by atoms with Crippen molar-refractivity contribution in [2.24, 2.45) is 17.6 Å². The minimum absolute atomic E-state index is 0.320. The monoisotopic (exact) mass is 330 g/mol. The lowest BCUT2D eigenvalue weighted by molar-refractivity contribution is -0.176. The summed E-state index contributed by atoms with van der Waals surface area (Å²) >= 11 is 0. The smallest absolute Gasteiger partial charge is 0.267 e. The van der Waals surface area contributed by atoms with Crippen molar-refractivity contribution in [1.29, 1.82) is 0 Å². The summed E-state index contributed by atoms with van der Waals surface area (Å²) in [4.78, 5) is 18.3. The minimum Gasteiger partial charge on any atom is -0.373 e. The van der Waals surface area contributed by atoms with Crippen LogP contribution in [0.5, 0.6) is 0 Å². The second kappa shape index (κ2) is 6.10. The van der Waals surface area contributed by atoms with Crippen LogP contribution in [0.15, 0.2) is 18.3 Å². The predicted octanol–water partition coefficient (Wildman–Crippen LogP) is 0.726. The number of piperidine rings is 1. The van der Waals surface area contributed by atoms with Crippen LogP contribution in [0.2, 0.25) is 0 Å². The van der Waals surface area contributed by atoms with E-state index < -0.39 is 5.91 Å².